The van der Waals surface area contributed by atoms with E-state index in [9.17, 15) is 4.79 Å². The molecule has 1 N–H and O–H groups in total. The highest BCUT2D eigenvalue weighted by Gasteiger charge is 2.13. The fraction of sp³-hybridized carbons (Fsp3) is 0.158. The lowest BCUT2D eigenvalue weighted by Gasteiger charge is -2.14. The fourth-order valence-electron chi connectivity index (χ4n) is 2.70. The van der Waals surface area contributed by atoms with Crippen LogP contribution >= 0.6 is 22.7 Å². The number of nitrogens with zero attached hydrogens (tertiary/aromatic N) is 4. The second kappa shape index (κ2) is 7.81. The van der Waals surface area contributed by atoms with Crippen LogP contribution in [0.2, 0.25) is 0 Å². The summed E-state index contributed by atoms with van der Waals surface area (Å²) in [6, 6.07) is 11.8. The van der Waals surface area contributed by atoms with Crippen LogP contribution in [0.4, 0.5) is 0 Å². The molecule has 0 spiro atoms. The molecule has 4 aromatic rings. The maximum absolute atomic E-state index is 12.4. The number of carbonyl (C=O) groups is 1. The van der Waals surface area contributed by atoms with E-state index in [0.29, 0.717) is 0 Å². The Morgan fingerprint density at radius 1 is 1.22 bits per heavy atom. The van der Waals surface area contributed by atoms with Crippen molar-refractivity contribution in [3.63, 3.8) is 0 Å². The summed E-state index contributed by atoms with van der Waals surface area (Å²) in [4.78, 5) is 22.0. The van der Waals surface area contributed by atoms with Gasteiger partial charge in [0.05, 0.1) is 28.7 Å². The molecule has 6 nitrogen and oxygen atoms in total. The highest BCUT2D eigenvalue weighted by atomic mass is 32.1. The smallest absolute Gasteiger partial charge is 0.226 e. The second-order valence-corrected chi connectivity index (χ2v) is 7.82. The monoisotopic (exact) mass is 395 g/mol. The van der Waals surface area contributed by atoms with Crippen LogP contribution in [0, 0.1) is 0 Å². The number of amides is 1. The first-order chi connectivity index (χ1) is 13.2. The van der Waals surface area contributed by atoms with Crippen LogP contribution in [0.5, 0.6) is 0 Å². The number of thiophene rings is 1. The summed E-state index contributed by atoms with van der Waals surface area (Å²) in [5, 5.41) is 12.1. The van der Waals surface area contributed by atoms with E-state index in [4.69, 9.17) is 0 Å². The summed E-state index contributed by atoms with van der Waals surface area (Å²) in [7, 11) is 0. The molecular weight excluding hydrogens is 378 g/mol. The Labute approximate surface area is 164 Å². The van der Waals surface area contributed by atoms with Gasteiger partial charge in [0.25, 0.3) is 0 Å². The lowest BCUT2D eigenvalue weighted by Crippen LogP contribution is -2.28. The number of aromatic nitrogens is 4. The average molecular weight is 396 g/mol. The minimum absolute atomic E-state index is 0.0362. The van der Waals surface area contributed by atoms with Crippen molar-refractivity contribution >= 4 is 28.6 Å². The number of benzene rings is 1. The highest BCUT2D eigenvalue weighted by molar-refractivity contribution is 7.20. The van der Waals surface area contributed by atoms with Crippen LogP contribution < -0.4 is 5.32 Å². The minimum atomic E-state index is -0.0855. The van der Waals surface area contributed by atoms with Crippen LogP contribution in [0.15, 0.2) is 59.8 Å². The molecule has 4 rings (SSSR count). The summed E-state index contributed by atoms with van der Waals surface area (Å²) >= 11 is 3.22. The second-order valence-electron chi connectivity index (χ2n) is 6.02. The van der Waals surface area contributed by atoms with E-state index in [2.05, 4.69) is 20.4 Å². The molecule has 0 bridgehead atoms. The van der Waals surface area contributed by atoms with Crippen molar-refractivity contribution in [1.29, 1.82) is 0 Å². The van der Waals surface area contributed by atoms with E-state index < -0.39 is 0 Å². The maximum Gasteiger partial charge on any atom is 0.226 e. The highest BCUT2D eigenvalue weighted by Crippen LogP contribution is 2.28. The molecule has 136 valence electrons. The normalized spacial score (nSPS) is 12.0. The van der Waals surface area contributed by atoms with E-state index in [1.807, 2.05) is 54.1 Å². The lowest BCUT2D eigenvalue weighted by molar-refractivity contribution is -0.121. The number of hydrogen-bond donors (Lipinski definition) is 1. The van der Waals surface area contributed by atoms with Gasteiger partial charge in [-0.3, -0.25) is 4.79 Å². The Hall–Kier alpha value is -2.84. The molecule has 3 heterocycles. The Morgan fingerprint density at radius 3 is 2.78 bits per heavy atom. The first kappa shape index (κ1) is 17.6. The zero-order valence-electron chi connectivity index (χ0n) is 14.6. The van der Waals surface area contributed by atoms with E-state index in [0.717, 1.165) is 26.8 Å². The molecule has 0 aliphatic heterocycles. The molecule has 0 unspecified atom stereocenters. The molecular formula is C19H17N5OS2. The summed E-state index contributed by atoms with van der Waals surface area (Å²) < 4.78 is 1.69. The molecule has 27 heavy (non-hydrogen) atoms. The third-order valence-corrected chi connectivity index (χ3v) is 6.01. The van der Waals surface area contributed by atoms with Crippen molar-refractivity contribution in [3.8, 4) is 15.6 Å². The first-order valence-electron chi connectivity index (χ1n) is 8.41. The van der Waals surface area contributed by atoms with E-state index >= 15 is 0 Å². The number of hydrogen-bond acceptors (Lipinski definition) is 6. The van der Waals surface area contributed by atoms with Crippen LogP contribution in [0.1, 0.15) is 24.2 Å². The van der Waals surface area contributed by atoms with Crippen molar-refractivity contribution in [1.82, 2.24) is 25.1 Å². The van der Waals surface area contributed by atoms with Gasteiger partial charge in [-0.05, 0) is 36.1 Å². The van der Waals surface area contributed by atoms with Gasteiger partial charge in [-0.1, -0.05) is 18.2 Å². The van der Waals surface area contributed by atoms with Gasteiger partial charge in [-0.25, -0.2) is 14.6 Å². The summed E-state index contributed by atoms with van der Waals surface area (Å²) in [5.41, 5.74) is 2.76. The molecule has 1 aromatic carbocycles. The Morgan fingerprint density at radius 2 is 2.07 bits per heavy atom. The standard InChI is InChI=1S/C19H17N5OS2/c1-13(14-4-6-16(7-5-14)24-12-20-11-21-24)22-18(25)9-15-10-27-19(23-15)17-3-2-8-26-17/h2-8,10-13H,9H2,1H3,(H,22,25)/t13-/m0/s1. The lowest BCUT2D eigenvalue weighted by atomic mass is 10.1. The van der Waals surface area contributed by atoms with Crippen LogP contribution in [-0.2, 0) is 11.2 Å². The molecule has 0 radical (unpaired) electrons. The average Bonchev–Trinajstić information content (AvgIpc) is 3.43. The van der Waals surface area contributed by atoms with Gasteiger partial charge in [0.15, 0.2) is 0 Å². The summed E-state index contributed by atoms with van der Waals surface area (Å²) in [6.07, 6.45) is 3.43. The predicted molar refractivity (Wildman–Crippen MR) is 107 cm³/mol. The number of rotatable bonds is 6. The van der Waals surface area contributed by atoms with Gasteiger partial charge in [0.1, 0.15) is 17.7 Å². The number of nitrogens with one attached hydrogen (secondary N) is 1. The van der Waals surface area contributed by atoms with E-state index in [-0.39, 0.29) is 18.4 Å². The van der Waals surface area contributed by atoms with E-state index in [1.165, 1.54) is 6.33 Å². The Balaban J connectivity index is 1.36. The first-order valence-corrected chi connectivity index (χ1v) is 10.2. The van der Waals surface area contributed by atoms with Gasteiger partial charge < -0.3 is 5.32 Å². The van der Waals surface area contributed by atoms with Crippen molar-refractivity contribution in [2.75, 3.05) is 0 Å². The van der Waals surface area contributed by atoms with Gasteiger partial charge in [-0.15, -0.1) is 22.7 Å². The predicted octanol–water partition coefficient (Wildman–Crippen LogP) is 3.87. The van der Waals surface area contributed by atoms with Crippen molar-refractivity contribution < 1.29 is 4.79 Å². The van der Waals surface area contributed by atoms with Crippen LogP contribution in [0.3, 0.4) is 0 Å². The van der Waals surface area contributed by atoms with Gasteiger partial charge in [-0.2, -0.15) is 5.10 Å². The van der Waals surface area contributed by atoms with Crippen LogP contribution in [0.25, 0.3) is 15.6 Å². The maximum atomic E-state index is 12.4. The molecule has 0 saturated carbocycles. The molecule has 1 atom stereocenters. The van der Waals surface area contributed by atoms with Crippen molar-refractivity contribution in [2.24, 2.45) is 0 Å². The molecule has 0 saturated heterocycles. The third kappa shape index (κ3) is 4.12. The number of thiazole rings is 1. The SMILES string of the molecule is C[C@H](NC(=O)Cc1csc(-c2cccs2)n1)c1ccc(-n2cncn2)cc1. The zero-order chi connectivity index (χ0) is 18.6. The third-order valence-electron chi connectivity index (χ3n) is 4.08. The summed E-state index contributed by atoms with van der Waals surface area (Å²) in [5.74, 6) is -0.0362. The minimum Gasteiger partial charge on any atom is -0.349 e. The Kier molecular flexibility index (Phi) is 5.08. The molecule has 0 fully saturated rings. The largest absolute Gasteiger partial charge is 0.349 e. The Bertz CT molecular complexity index is 1010. The number of carbonyl (C=O) groups excluding carboxylic acids is 1. The molecule has 1 amide bonds. The van der Waals surface area contributed by atoms with E-state index in [1.54, 1.807) is 33.7 Å². The zero-order valence-corrected chi connectivity index (χ0v) is 16.2. The molecule has 3 aromatic heterocycles. The molecule has 0 aliphatic rings. The van der Waals surface area contributed by atoms with Gasteiger partial charge in [0, 0.05) is 5.38 Å². The summed E-state index contributed by atoms with van der Waals surface area (Å²) in [6.45, 7) is 1.97. The molecule has 8 heteroatoms. The van der Waals surface area contributed by atoms with Crippen molar-refractivity contribution in [3.05, 3.63) is 71.1 Å². The quantitative estimate of drug-likeness (QED) is 0.538. The fourth-order valence-corrected chi connectivity index (χ4v) is 4.33. The van der Waals surface area contributed by atoms with Crippen molar-refractivity contribution in [2.45, 2.75) is 19.4 Å². The topological polar surface area (TPSA) is 72.7 Å². The van der Waals surface area contributed by atoms with Gasteiger partial charge in [0.2, 0.25) is 5.91 Å². The van der Waals surface area contributed by atoms with Crippen LogP contribution in [-0.4, -0.2) is 25.7 Å². The van der Waals surface area contributed by atoms with Gasteiger partial charge >= 0.3 is 0 Å². The molecule has 0 aliphatic carbocycles.